The molecule has 9 aromatic rings. The topological polar surface area (TPSA) is 123 Å². The fraction of sp³-hybridized carbons (Fsp3) is 0.100. The van der Waals surface area contributed by atoms with Crippen molar-refractivity contribution in [2.24, 2.45) is 4.99 Å². The molecule has 0 spiro atoms. The van der Waals surface area contributed by atoms with Crippen molar-refractivity contribution in [1.29, 1.82) is 0 Å². The predicted octanol–water partition coefficient (Wildman–Crippen LogP) is 8.09. The number of amides is 1. The second-order valence-corrected chi connectivity index (χ2v) is 12.1. The number of ether oxygens (including phenoxy) is 2. The third kappa shape index (κ3) is 8.84. The normalized spacial score (nSPS) is 11.2. The summed E-state index contributed by atoms with van der Waals surface area (Å²) >= 11 is 0.869. The molecule has 0 aliphatic carbocycles. The van der Waals surface area contributed by atoms with Crippen molar-refractivity contribution in [2.45, 2.75) is 13.6 Å². The van der Waals surface area contributed by atoms with Gasteiger partial charge in [-0.15, -0.1) is 24.3 Å². The van der Waals surface area contributed by atoms with Crippen molar-refractivity contribution in [3.05, 3.63) is 138 Å². The summed E-state index contributed by atoms with van der Waals surface area (Å²) in [5, 5.41) is 23.6. The molecule has 9 rings (SSSR count). The first-order valence-electron chi connectivity index (χ1n) is 16.1. The largest absolute Gasteiger partial charge is 3.00 e. The van der Waals surface area contributed by atoms with E-state index in [2.05, 4.69) is 42.5 Å². The van der Waals surface area contributed by atoms with E-state index in [1.54, 1.807) is 23.8 Å². The van der Waals surface area contributed by atoms with Gasteiger partial charge in [0.1, 0.15) is 22.1 Å². The molecule has 0 aliphatic rings. The third-order valence-electron chi connectivity index (χ3n) is 7.85. The summed E-state index contributed by atoms with van der Waals surface area (Å²) in [7, 11) is 3.32. The number of methoxy groups -OCH3 is 2. The molecule has 0 saturated heterocycles. The minimum atomic E-state index is -4.91. The van der Waals surface area contributed by atoms with Crippen molar-refractivity contribution >= 4 is 60.9 Å². The molecule has 0 bridgehead atoms. The first-order chi connectivity index (χ1) is 26.2. The summed E-state index contributed by atoms with van der Waals surface area (Å²) in [6, 6.07) is 41.8. The van der Waals surface area contributed by atoms with Gasteiger partial charge in [0.2, 0.25) is 0 Å². The van der Waals surface area contributed by atoms with Crippen LogP contribution in [0, 0.1) is 12.1 Å². The fourth-order valence-corrected chi connectivity index (χ4v) is 5.90. The number of aromatic nitrogens is 7. The summed E-state index contributed by atoms with van der Waals surface area (Å²) in [5.41, 5.74) is 5.11. The summed E-state index contributed by atoms with van der Waals surface area (Å²) in [5.74, 6) is -0.533. The van der Waals surface area contributed by atoms with Crippen molar-refractivity contribution in [3.8, 4) is 22.9 Å². The number of nitrogens with zero attached hydrogens (tertiary/aromatic N) is 8. The zero-order chi connectivity index (χ0) is 37.7. The number of hydrogen-bond donors (Lipinski definition) is 0. The van der Waals surface area contributed by atoms with E-state index in [0.29, 0.717) is 0 Å². The van der Waals surface area contributed by atoms with Crippen LogP contribution in [0.2, 0.25) is 0 Å². The molecule has 6 aromatic carbocycles. The Hall–Kier alpha value is -6.22. The van der Waals surface area contributed by atoms with Gasteiger partial charge in [-0.05, 0) is 41.0 Å². The van der Waals surface area contributed by atoms with Gasteiger partial charge in [0, 0.05) is 16.3 Å². The molecule has 0 aliphatic heterocycles. The number of hydrogen-bond acceptors (Lipinski definition) is 8. The van der Waals surface area contributed by atoms with E-state index in [-0.39, 0.29) is 32.3 Å². The van der Waals surface area contributed by atoms with E-state index in [0.717, 1.165) is 77.8 Å². The van der Waals surface area contributed by atoms with E-state index < -0.39 is 12.1 Å². The van der Waals surface area contributed by atoms with Crippen LogP contribution >= 0.6 is 11.3 Å². The maximum absolute atomic E-state index is 11.6. The van der Waals surface area contributed by atoms with Gasteiger partial charge >= 0.3 is 26.3 Å². The van der Waals surface area contributed by atoms with E-state index in [4.69, 9.17) is 9.47 Å². The molecular formula is C40H30F3IrN8O3S. The van der Waals surface area contributed by atoms with Gasteiger partial charge < -0.3 is 19.5 Å². The molecule has 3 aromatic heterocycles. The van der Waals surface area contributed by atoms with Gasteiger partial charge in [-0.1, -0.05) is 95.8 Å². The molecular weight excluding hydrogens is 922 g/mol. The Morgan fingerprint density at radius 3 is 1.39 bits per heavy atom. The minimum absolute atomic E-state index is 0. The van der Waals surface area contributed by atoms with Gasteiger partial charge in [-0.2, -0.15) is 66.6 Å². The molecule has 0 saturated carbocycles. The van der Waals surface area contributed by atoms with Gasteiger partial charge in [0.15, 0.2) is 0 Å². The van der Waals surface area contributed by atoms with Crippen molar-refractivity contribution in [1.82, 2.24) is 35.0 Å². The first kappa shape index (κ1) is 41.0. The number of carbonyl (C=O) groups is 1. The molecule has 56 heavy (non-hydrogen) atoms. The Bertz CT molecular complexity index is 2570. The van der Waals surface area contributed by atoms with Crippen LogP contribution < -0.4 is 19.3 Å². The molecule has 0 unspecified atom stereocenters. The van der Waals surface area contributed by atoms with Crippen LogP contribution in [-0.4, -0.2) is 56.3 Å². The number of fused-ring (bicyclic) bond motifs is 4. The van der Waals surface area contributed by atoms with Gasteiger partial charge in [0.25, 0.3) is 5.91 Å². The molecule has 16 heteroatoms. The number of rotatable bonds is 4. The number of halogens is 3. The minimum Gasteiger partial charge on any atom is -0.554 e. The summed E-state index contributed by atoms with van der Waals surface area (Å²) < 4.78 is 45.5. The molecule has 11 nitrogen and oxygen atoms in total. The van der Waals surface area contributed by atoms with Crippen LogP contribution in [-0.2, 0) is 24.9 Å². The van der Waals surface area contributed by atoms with Crippen LogP contribution in [0.25, 0.3) is 55.0 Å². The van der Waals surface area contributed by atoms with Crippen LogP contribution in [0.3, 0.4) is 0 Å². The number of benzene rings is 6. The fourth-order valence-electron chi connectivity index (χ4n) is 5.40. The van der Waals surface area contributed by atoms with Crippen LogP contribution in [0.15, 0.2) is 126 Å². The van der Waals surface area contributed by atoms with Crippen LogP contribution in [0.4, 0.5) is 13.2 Å². The SMILES string of the molecule is C.COc1c[c-]c(-n2nc3ccccc3n2)c2ccccc12.COc1c[c-]c(-n2nc3ccccc3n2)c2ccccc12.O=C(N=c1[n-]ccs1)C(F)(F)F.[Ir+3]. The van der Waals surface area contributed by atoms with E-state index in [9.17, 15) is 18.0 Å². The number of thiazole rings is 1. The Morgan fingerprint density at radius 2 is 1.05 bits per heavy atom. The average molecular weight is 952 g/mol. The van der Waals surface area contributed by atoms with Crippen molar-refractivity contribution < 1.29 is 47.5 Å². The van der Waals surface area contributed by atoms with Gasteiger partial charge in [-0.25, -0.2) is 0 Å². The van der Waals surface area contributed by atoms with Gasteiger partial charge in [-0.3, -0.25) is 4.79 Å². The molecule has 0 atom stereocenters. The molecule has 0 N–H and O–H groups in total. The molecule has 284 valence electrons. The molecule has 3 heterocycles. The second kappa shape index (κ2) is 17.9. The van der Waals surface area contributed by atoms with E-state index >= 15 is 0 Å². The molecule has 0 fully saturated rings. The third-order valence-corrected chi connectivity index (χ3v) is 8.51. The Balaban J connectivity index is 0.000000164. The Labute approximate surface area is 335 Å². The number of carbonyl (C=O) groups excluding carboxylic acids is 1. The Kier molecular flexibility index (Phi) is 13.1. The number of alkyl halides is 3. The van der Waals surface area contributed by atoms with Crippen molar-refractivity contribution in [3.63, 3.8) is 0 Å². The van der Waals surface area contributed by atoms with Crippen LogP contribution in [0.1, 0.15) is 7.43 Å². The van der Waals surface area contributed by atoms with E-state index in [1.165, 1.54) is 11.6 Å². The maximum atomic E-state index is 11.6. The summed E-state index contributed by atoms with van der Waals surface area (Å²) in [4.78, 5) is 19.4. The van der Waals surface area contributed by atoms with Crippen LogP contribution in [0.5, 0.6) is 11.5 Å². The van der Waals surface area contributed by atoms with Crippen molar-refractivity contribution in [2.75, 3.05) is 14.2 Å². The molecule has 0 radical (unpaired) electrons. The zero-order valence-corrected chi connectivity index (χ0v) is 31.9. The summed E-state index contributed by atoms with van der Waals surface area (Å²) in [6.45, 7) is 0. The van der Waals surface area contributed by atoms with E-state index in [1.807, 2.05) is 109 Å². The molecule has 1 amide bonds. The smallest absolute Gasteiger partial charge is 0.554 e. The summed E-state index contributed by atoms with van der Waals surface area (Å²) in [6.07, 6.45) is -3.64. The quantitative estimate of drug-likeness (QED) is 0.162. The Morgan fingerprint density at radius 1 is 0.679 bits per heavy atom. The van der Waals surface area contributed by atoms with Gasteiger partial charge in [0.05, 0.1) is 14.2 Å². The monoisotopic (exact) mass is 952 g/mol. The standard InChI is InChI=1S/2C17H12N3O.C5H3F3N2OS.CH4.Ir/c2*1-21-17-11-10-16(12-6-2-3-7-13(12)17)20-18-14-8-4-5-9-15(14)19-20;6-5(7,8)3(11)10-4-9-1-2-12-4;;/h2*2-9,11H,1H3;1-2H,(H,9,10,11);1H4;/q2*-1;;;+3/p-1. The maximum Gasteiger partial charge on any atom is 3.00 e. The first-order valence-corrected chi connectivity index (χ1v) is 16.9. The second-order valence-electron chi connectivity index (χ2n) is 11.2. The predicted molar refractivity (Wildman–Crippen MR) is 205 cm³/mol. The average Bonchev–Trinajstić information content (AvgIpc) is 3.97. The zero-order valence-electron chi connectivity index (χ0n) is 28.7.